The van der Waals surface area contributed by atoms with Gasteiger partial charge in [0.05, 0.1) is 17.2 Å². The number of ether oxygens (including phenoxy) is 1. The number of benzene rings is 3. The molecule has 7 heteroatoms. The fourth-order valence-electron chi connectivity index (χ4n) is 4.50. The van der Waals surface area contributed by atoms with Crippen LogP contribution in [0.15, 0.2) is 77.7 Å². The van der Waals surface area contributed by atoms with Gasteiger partial charge in [0.25, 0.3) is 0 Å². The standard InChI is InChI=1S/C30H32FNO4S/c1-5-37(34,35)28-13-8-23(9-14-28)18-26(33)17-22-6-11-27(12-7-22)36-30(3,4)20-32-21(2)16-24-19-25(31)10-15-29(24)32/h6-16,19H,5,17-18,20H2,1-4H3. The molecular formula is C30H32FNO4S. The number of halogens is 1. The smallest absolute Gasteiger partial charge is 0.178 e. The van der Waals surface area contributed by atoms with Gasteiger partial charge in [0.1, 0.15) is 23.0 Å². The molecule has 4 rings (SSSR count). The van der Waals surface area contributed by atoms with Crippen molar-refractivity contribution in [2.24, 2.45) is 0 Å². The summed E-state index contributed by atoms with van der Waals surface area (Å²) < 4.78 is 45.9. The van der Waals surface area contributed by atoms with E-state index in [1.807, 2.05) is 51.1 Å². The Bertz CT molecular complexity index is 1520. The molecule has 0 aliphatic rings. The summed E-state index contributed by atoms with van der Waals surface area (Å²) in [6.45, 7) is 8.22. The normalized spacial score (nSPS) is 12.1. The van der Waals surface area contributed by atoms with Gasteiger partial charge >= 0.3 is 0 Å². The molecule has 1 aromatic heterocycles. The molecule has 0 unspecified atom stereocenters. The summed E-state index contributed by atoms with van der Waals surface area (Å²) in [6.07, 6.45) is 0.523. The van der Waals surface area contributed by atoms with Crippen LogP contribution in [-0.4, -0.2) is 30.1 Å². The van der Waals surface area contributed by atoms with Gasteiger partial charge in [-0.3, -0.25) is 4.79 Å². The lowest BCUT2D eigenvalue weighted by atomic mass is 10.0. The van der Waals surface area contributed by atoms with Crippen molar-refractivity contribution in [2.45, 2.75) is 57.6 Å². The van der Waals surface area contributed by atoms with E-state index < -0.39 is 15.4 Å². The van der Waals surface area contributed by atoms with Crippen LogP contribution in [0.25, 0.3) is 10.9 Å². The Balaban J connectivity index is 1.36. The lowest BCUT2D eigenvalue weighted by Crippen LogP contribution is -2.34. The van der Waals surface area contributed by atoms with E-state index in [2.05, 4.69) is 4.57 Å². The first-order valence-corrected chi connectivity index (χ1v) is 14.0. The lowest BCUT2D eigenvalue weighted by Gasteiger charge is -2.28. The number of hydrogen-bond donors (Lipinski definition) is 0. The highest BCUT2D eigenvalue weighted by Gasteiger charge is 2.23. The van der Waals surface area contributed by atoms with Crippen LogP contribution in [0.2, 0.25) is 0 Å². The molecule has 0 saturated carbocycles. The Morgan fingerprint density at radius 3 is 2.11 bits per heavy atom. The Labute approximate surface area is 217 Å². The van der Waals surface area contributed by atoms with Gasteiger partial charge < -0.3 is 9.30 Å². The zero-order chi connectivity index (χ0) is 26.8. The molecule has 37 heavy (non-hydrogen) atoms. The third-order valence-electron chi connectivity index (χ3n) is 6.39. The van der Waals surface area contributed by atoms with Crippen LogP contribution in [0.1, 0.15) is 37.6 Å². The van der Waals surface area contributed by atoms with Crippen LogP contribution in [-0.2, 0) is 34.0 Å². The van der Waals surface area contributed by atoms with Crippen molar-refractivity contribution < 1.29 is 22.3 Å². The molecule has 4 aromatic rings. The summed E-state index contributed by atoms with van der Waals surface area (Å²) in [4.78, 5) is 12.9. The summed E-state index contributed by atoms with van der Waals surface area (Å²) in [5.74, 6) is 0.548. The van der Waals surface area contributed by atoms with Crippen LogP contribution in [0.4, 0.5) is 4.39 Å². The average Bonchev–Trinajstić information content (AvgIpc) is 3.13. The van der Waals surface area contributed by atoms with Crippen LogP contribution in [0.3, 0.4) is 0 Å². The molecule has 194 valence electrons. The third kappa shape index (κ3) is 6.46. The Morgan fingerprint density at radius 1 is 0.919 bits per heavy atom. The summed E-state index contributed by atoms with van der Waals surface area (Å²) >= 11 is 0. The van der Waals surface area contributed by atoms with Crippen LogP contribution in [0.5, 0.6) is 5.75 Å². The first-order valence-electron chi connectivity index (χ1n) is 12.3. The van der Waals surface area contributed by atoms with Crippen LogP contribution < -0.4 is 4.74 Å². The number of carbonyl (C=O) groups is 1. The molecular weight excluding hydrogens is 489 g/mol. The number of fused-ring (bicyclic) bond motifs is 1. The van der Waals surface area contributed by atoms with E-state index in [0.29, 0.717) is 12.3 Å². The van der Waals surface area contributed by atoms with E-state index in [1.165, 1.54) is 6.07 Å². The van der Waals surface area contributed by atoms with Crippen LogP contribution in [0, 0.1) is 12.7 Å². The summed E-state index contributed by atoms with van der Waals surface area (Å²) in [7, 11) is -3.25. The predicted molar refractivity (Wildman–Crippen MR) is 144 cm³/mol. The second-order valence-corrected chi connectivity index (χ2v) is 12.3. The van der Waals surface area contributed by atoms with E-state index >= 15 is 0 Å². The van der Waals surface area contributed by atoms with Crippen LogP contribution >= 0.6 is 0 Å². The monoisotopic (exact) mass is 521 g/mol. The van der Waals surface area contributed by atoms with Gasteiger partial charge in [-0.1, -0.05) is 31.2 Å². The molecule has 0 fully saturated rings. The minimum atomic E-state index is -3.25. The zero-order valence-electron chi connectivity index (χ0n) is 21.6. The topological polar surface area (TPSA) is 65.4 Å². The highest BCUT2D eigenvalue weighted by molar-refractivity contribution is 7.91. The number of aromatic nitrogens is 1. The lowest BCUT2D eigenvalue weighted by molar-refractivity contribution is -0.117. The minimum absolute atomic E-state index is 0.0477. The Kier molecular flexibility index (Phi) is 7.55. The fraction of sp³-hybridized carbons (Fsp3) is 0.300. The number of carbonyl (C=O) groups excluding carboxylic acids is 1. The second kappa shape index (κ2) is 10.5. The first kappa shape index (κ1) is 26.6. The van der Waals surface area contributed by atoms with E-state index in [4.69, 9.17) is 4.74 Å². The molecule has 0 radical (unpaired) electrons. The molecule has 0 N–H and O–H groups in total. The van der Waals surface area contributed by atoms with Crippen molar-refractivity contribution in [3.05, 3.63) is 95.4 Å². The third-order valence-corrected chi connectivity index (χ3v) is 8.14. The van der Waals surface area contributed by atoms with E-state index in [9.17, 15) is 17.6 Å². The largest absolute Gasteiger partial charge is 0.486 e. The van der Waals surface area contributed by atoms with E-state index in [1.54, 1.807) is 43.3 Å². The molecule has 5 nitrogen and oxygen atoms in total. The van der Waals surface area contributed by atoms with Gasteiger partial charge in [-0.2, -0.15) is 0 Å². The number of nitrogens with zero attached hydrogens (tertiary/aromatic N) is 1. The molecule has 3 aromatic carbocycles. The molecule has 0 aliphatic carbocycles. The Hall–Kier alpha value is -3.45. The Morgan fingerprint density at radius 2 is 1.51 bits per heavy atom. The quantitative estimate of drug-likeness (QED) is 0.253. The number of sulfone groups is 1. The van der Waals surface area contributed by atoms with E-state index in [-0.39, 0.29) is 35.1 Å². The summed E-state index contributed by atoms with van der Waals surface area (Å²) in [6, 6.07) is 20.8. The zero-order valence-corrected chi connectivity index (χ0v) is 22.4. The highest BCUT2D eigenvalue weighted by Crippen LogP contribution is 2.26. The van der Waals surface area contributed by atoms with Crippen molar-refractivity contribution in [1.29, 1.82) is 0 Å². The minimum Gasteiger partial charge on any atom is -0.486 e. The van der Waals surface area contributed by atoms with Crippen molar-refractivity contribution in [3.8, 4) is 5.75 Å². The molecule has 0 atom stereocenters. The number of ketones is 1. The predicted octanol–water partition coefficient (Wildman–Crippen LogP) is 6.09. The number of Topliss-reactive ketones (excluding diaryl/α,β-unsaturated/α-hetero) is 1. The first-order chi connectivity index (χ1) is 17.5. The SMILES string of the molecule is CCS(=O)(=O)c1ccc(CC(=O)Cc2ccc(OC(C)(C)Cn3c(C)cc4cc(F)ccc43)cc2)cc1. The van der Waals surface area contributed by atoms with Gasteiger partial charge in [-0.15, -0.1) is 0 Å². The van der Waals surface area contributed by atoms with Gasteiger partial charge in [0, 0.05) is 29.4 Å². The van der Waals surface area contributed by atoms with Gasteiger partial charge in [-0.05, 0) is 80.4 Å². The molecule has 0 amide bonds. The number of hydrogen-bond acceptors (Lipinski definition) is 4. The van der Waals surface area contributed by atoms with Crippen molar-refractivity contribution >= 4 is 26.5 Å². The average molecular weight is 522 g/mol. The fourth-order valence-corrected chi connectivity index (χ4v) is 5.38. The maximum atomic E-state index is 13.6. The van der Waals surface area contributed by atoms with E-state index in [0.717, 1.165) is 27.7 Å². The number of aryl methyl sites for hydroxylation is 1. The molecule has 0 bridgehead atoms. The molecule has 0 aliphatic heterocycles. The van der Waals surface area contributed by atoms with Crippen molar-refractivity contribution in [3.63, 3.8) is 0 Å². The van der Waals surface area contributed by atoms with Gasteiger partial charge in [0.2, 0.25) is 0 Å². The summed E-state index contributed by atoms with van der Waals surface area (Å²) in [5.41, 5.74) is 3.14. The van der Waals surface area contributed by atoms with Gasteiger partial charge in [-0.25, -0.2) is 12.8 Å². The summed E-state index contributed by atoms with van der Waals surface area (Å²) in [5, 5.41) is 0.865. The maximum absolute atomic E-state index is 13.6. The molecule has 0 saturated heterocycles. The second-order valence-electron chi connectivity index (χ2n) is 10.0. The number of rotatable bonds is 10. The molecule has 0 spiro atoms. The highest BCUT2D eigenvalue weighted by atomic mass is 32.2. The maximum Gasteiger partial charge on any atom is 0.178 e. The molecule has 1 heterocycles. The van der Waals surface area contributed by atoms with Gasteiger partial charge in [0.15, 0.2) is 9.84 Å². The van der Waals surface area contributed by atoms with Crippen molar-refractivity contribution in [2.75, 3.05) is 5.75 Å². The van der Waals surface area contributed by atoms with Crippen molar-refractivity contribution in [1.82, 2.24) is 4.57 Å².